The molecule has 1 N–H and O–H groups in total. The number of thiophene rings is 1. The van der Waals surface area contributed by atoms with Crippen LogP contribution in [-0.4, -0.2) is 58.6 Å². The van der Waals surface area contributed by atoms with Gasteiger partial charge in [-0.3, -0.25) is 9.69 Å². The summed E-state index contributed by atoms with van der Waals surface area (Å²) >= 11 is 1.68. The van der Waals surface area contributed by atoms with Crippen LogP contribution in [0.2, 0.25) is 0 Å². The molecule has 0 radical (unpaired) electrons. The summed E-state index contributed by atoms with van der Waals surface area (Å²) in [4.78, 5) is 22.6. The third-order valence-electron chi connectivity index (χ3n) is 4.56. The Hall–Kier alpha value is -2.14. The highest BCUT2D eigenvalue weighted by Crippen LogP contribution is 2.19. The molecule has 7 heteroatoms. The third-order valence-corrected chi connectivity index (χ3v) is 5.48. The van der Waals surface area contributed by atoms with Gasteiger partial charge in [0.15, 0.2) is 5.89 Å². The van der Waals surface area contributed by atoms with Crippen molar-refractivity contribution >= 4 is 17.2 Å². The fraction of sp³-hybridized carbons (Fsp3) is 0.500. The number of oxazole rings is 1. The molecular formula is C20H25N3O3S. The molecule has 3 rings (SSSR count). The molecule has 0 aliphatic carbocycles. The van der Waals surface area contributed by atoms with Crippen LogP contribution in [0.25, 0.3) is 0 Å². The van der Waals surface area contributed by atoms with Crippen LogP contribution >= 0.6 is 11.3 Å². The van der Waals surface area contributed by atoms with E-state index in [4.69, 9.17) is 9.52 Å². The lowest BCUT2D eigenvalue weighted by Crippen LogP contribution is -2.35. The summed E-state index contributed by atoms with van der Waals surface area (Å²) in [5, 5.41) is 10.8. The van der Waals surface area contributed by atoms with Gasteiger partial charge in [0, 0.05) is 55.0 Å². The third kappa shape index (κ3) is 4.98. The Morgan fingerprint density at radius 3 is 2.96 bits per heavy atom. The second-order valence-electron chi connectivity index (χ2n) is 6.56. The summed E-state index contributed by atoms with van der Waals surface area (Å²) < 4.78 is 5.63. The number of aryl methyl sites for hydroxylation is 2. The van der Waals surface area contributed by atoms with Crippen molar-refractivity contribution in [3.8, 4) is 11.8 Å². The summed E-state index contributed by atoms with van der Waals surface area (Å²) in [6, 6.07) is 2.07. The molecule has 6 nitrogen and oxygen atoms in total. The average molecular weight is 388 g/mol. The molecule has 0 spiro atoms. The number of aliphatic hydroxyl groups is 1. The molecule has 144 valence electrons. The van der Waals surface area contributed by atoms with Crippen LogP contribution in [0.5, 0.6) is 0 Å². The van der Waals surface area contributed by atoms with E-state index in [9.17, 15) is 4.79 Å². The molecule has 2 aromatic rings. The molecule has 0 bridgehead atoms. The SMILES string of the molecule is CCc1nc(C)c(C(=O)N2CCCN(Cc3cc(C#CCO)cs3)CC2)o1. The fourth-order valence-electron chi connectivity index (χ4n) is 3.17. The van der Waals surface area contributed by atoms with E-state index in [0.717, 1.165) is 38.2 Å². The Balaban J connectivity index is 1.59. The van der Waals surface area contributed by atoms with Crippen molar-refractivity contribution < 1.29 is 14.3 Å². The van der Waals surface area contributed by atoms with Crippen molar-refractivity contribution in [1.82, 2.24) is 14.8 Å². The minimum atomic E-state index is -0.119. The predicted octanol–water partition coefficient (Wildman–Crippen LogP) is 2.30. The number of hydrogen-bond donors (Lipinski definition) is 1. The zero-order valence-corrected chi connectivity index (χ0v) is 16.6. The number of carbonyl (C=O) groups excluding carboxylic acids is 1. The predicted molar refractivity (Wildman–Crippen MR) is 105 cm³/mol. The van der Waals surface area contributed by atoms with Gasteiger partial charge < -0.3 is 14.4 Å². The first-order chi connectivity index (χ1) is 13.1. The van der Waals surface area contributed by atoms with Gasteiger partial charge >= 0.3 is 0 Å². The quantitative estimate of drug-likeness (QED) is 0.816. The summed E-state index contributed by atoms with van der Waals surface area (Å²) in [7, 11) is 0. The maximum atomic E-state index is 12.8. The second-order valence-corrected chi connectivity index (χ2v) is 7.55. The first-order valence-electron chi connectivity index (χ1n) is 9.25. The van der Waals surface area contributed by atoms with Crippen LogP contribution in [0.3, 0.4) is 0 Å². The van der Waals surface area contributed by atoms with Gasteiger partial charge in [-0.1, -0.05) is 18.8 Å². The van der Waals surface area contributed by atoms with Crippen LogP contribution < -0.4 is 0 Å². The largest absolute Gasteiger partial charge is 0.435 e. The smallest absolute Gasteiger partial charge is 0.291 e. The van der Waals surface area contributed by atoms with Crippen molar-refractivity contribution in [3.05, 3.63) is 39.2 Å². The molecule has 2 aromatic heterocycles. The Morgan fingerprint density at radius 2 is 2.22 bits per heavy atom. The maximum Gasteiger partial charge on any atom is 0.291 e. The standard InChI is InChI=1S/C20H25N3O3S/c1-3-18-21-15(2)19(26-18)20(25)23-8-5-7-22(9-10-23)13-17-12-16(14-27-17)6-4-11-24/h12,14,24H,3,5,7-11,13H2,1-2H3. The first-order valence-corrected chi connectivity index (χ1v) is 10.1. The molecular weight excluding hydrogens is 362 g/mol. The number of amides is 1. The van der Waals surface area contributed by atoms with E-state index >= 15 is 0 Å². The molecule has 1 aliphatic heterocycles. The van der Waals surface area contributed by atoms with Crippen molar-refractivity contribution in [3.63, 3.8) is 0 Å². The van der Waals surface area contributed by atoms with Crippen molar-refractivity contribution in [2.45, 2.75) is 33.2 Å². The molecule has 0 aromatic carbocycles. The Morgan fingerprint density at radius 1 is 1.37 bits per heavy atom. The van der Waals surface area contributed by atoms with Crippen molar-refractivity contribution in [1.29, 1.82) is 0 Å². The van der Waals surface area contributed by atoms with E-state index in [1.807, 2.05) is 24.1 Å². The van der Waals surface area contributed by atoms with Gasteiger partial charge in [-0.25, -0.2) is 4.98 Å². The van der Waals surface area contributed by atoms with Gasteiger partial charge in [-0.2, -0.15) is 0 Å². The van der Waals surface area contributed by atoms with Gasteiger partial charge in [-0.15, -0.1) is 11.3 Å². The first kappa shape index (κ1) is 19.6. The molecule has 3 heterocycles. The average Bonchev–Trinajstić information content (AvgIpc) is 3.19. The van der Waals surface area contributed by atoms with E-state index in [2.05, 4.69) is 27.8 Å². The number of aliphatic hydroxyl groups excluding tert-OH is 1. The lowest BCUT2D eigenvalue weighted by atomic mass is 10.3. The number of rotatable bonds is 4. The lowest BCUT2D eigenvalue weighted by molar-refractivity contribution is 0.0726. The fourth-order valence-corrected chi connectivity index (χ4v) is 4.03. The minimum Gasteiger partial charge on any atom is -0.435 e. The zero-order valence-electron chi connectivity index (χ0n) is 15.8. The molecule has 27 heavy (non-hydrogen) atoms. The maximum absolute atomic E-state index is 12.8. The number of carbonyl (C=O) groups is 1. The molecule has 1 fully saturated rings. The highest BCUT2D eigenvalue weighted by molar-refractivity contribution is 7.10. The van der Waals surface area contributed by atoms with Gasteiger partial charge in [-0.05, 0) is 19.4 Å². The van der Waals surface area contributed by atoms with E-state index in [0.29, 0.717) is 30.3 Å². The molecule has 0 unspecified atom stereocenters. The molecule has 1 saturated heterocycles. The Bertz CT molecular complexity index is 846. The molecule has 1 amide bonds. The van der Waals surface area contributed by atoms with Crippen LogP contribution in [-0.2, 0) is 13.0 Å². The van der Waals surface area contributed by atoms with Gasteiger partial charge in [0.05, 0.1) is 5.69 Å². The van der Waals surface area contributed by atoms with Crippen LogP contribution in [0.1, 0.15) is 45.9 Å². The summed E-state index contributed by atoms with van der Waals surface area (Å²) in [6.45, 7) is 7.73. The van der Waals surface area contributed by atoms with Gasteiger partial charge in [0.1, 0.15) is 6.61 Å². The topological polar surface area (TPSA) is 69.8 Å². The van der Waals surface area contributed by atoms with E-state index < -0.39 is 0 Å². The molecule has 0 atom stereocenters. The summed E-state index contributed by atoms with van der Waals surface area (Å²) in [5.41, 5.74) is 1.62. The second kappa shape index (κ2) is 9.18. The minimum absolute atomic E-state index is 0.0563. The lowest BCUT2D eigenvalue weighted by Gasteiger charge is -2.21. The number of hydrogen-bond acceptors (Lipinski definition) is 6. The molecule has 0 saturated carbocycles. The van der Waals surface area contributed by atoms with Gasteiger partial charge in [0.2, 0.25) is 5.76 Å². The van der Waals surface area contributed by atoms with Gasteiger partial charge in [0.25, 0.3) is 5.91 Å². The van der Waals surface area contributed by atoms with E-state index in [1.165, 1.54) is 4.88 Å². The summed E-state index contributed by atoms with van der Waals surface area (Å²) in [6.07, 6.45) is 1.62. The zero-order chi connectivity index (χ0) is 19.2. The molecule has 1 aliphatic rings. The van der Waals surface area contributed by atoms with E-state index in [1.54, 1.807) is 11.3 Å². The number of nitrogens with zero attached hydrogens (tertiary/aromatic N) is 3. The van der Waals surface area contributed by atoms with E-state index in [-0.39, 0.29) is 12.5 Å². The normalized spacial score (nSPS) is 15.3. The van der Waals surface area contributed by atoms with Crippen LogP contribution in [0.15, 0.2) is 15.9 Å². The van der Waals surface area contributed by atoms with Crippen LogP contribution in [0.4, 0.5) is 0 Å². The Labute approximate surface area is 163 Å². The van der Waals surface area contributed by atoms with Crippen molar-refractivity contribution in [2.75, 3.05) is 32.8 Å². The van der Waals surface area contributed by atoms with Crippen LogP contribution in [0, 0.1) is 18.8 Å². The van der Waals surface area contributed by atoms with Crippen molar-refractivity contribution in [2.24, 2.45) is 0 Å². The highest BCUT2D eigenvalue weighted by Gasteiger charge is 2.25. The summed E-state index contributed by atoms with van der Waals surface area (Å²) in [5.74, 6) is 6.56. The highest BCUT2D eigenvalue weighted by atomic mass is 32.1. The number of aromatic nitrogens is 1. The monoisotopic (exact) mass is 387 g/mol. The Kier molecular flexibility index (Phi) is 6.67.